The van der Waals surface area contributed by atoms with E-state index in [4.69, 9.17) is 4.42 Å². The number of amides is 2. The summed E-state index contributed by atoms with van der Waals surface area (Å²) in [6.07, 6.45) is 3.71. The second-order valence-corrected chi connectivity index (χ2v) is 7.78. The van der Waals surface area contributed by atoms with Crippen molar-refractivity contribution in [1.82, 2.24) is 20.2 Å². The van der Waals surface area contributed by atoms with Crippen molar-refractivity contribution in [1.29, 1.82) is 0 Å². The van der Waals surface area contributed by atoms with Gasteiger partial charge in [-0.1, -0.05) is 18.2 Å². The number of carbonyl (C=O) groups is 1. The predicted molar refractivity (Wildman–Crippen MR) is 121 cm³/mol. The van der Waals surface area contributed by atoms with Crippen LogP contribution in [0.1, 0.15) is 11.5 Å². The number of para-hydroxylation sites is 1. The van der Waals surface area contributed by atoms with Crippen molar-refractivity contribution in [3.8, 4) is 11.3 Å². The number of benzene rings is 2. The van der Waals surface area contributed by atoms with E-state index in [1.165, 1.54) is 0 Å². The Balaban J connectivity index is 1.15. The van der Waals surface area contributed by atoms with Gasteiger partial charge in [0, 0.05) is 68.0 Å². The monoisotopic (exact) mass is 415 g/mol. The molecule has 7 nitrogen and oxygen atoms in total. The number of aromatic nitrogens is 2. The van der Waals surface area contributed by atoms with Crippen LogP contribution in [0.3, 0.4) is 0 Å². The Morgan fingerprint density at radius 1 is 1.10 bits per heavy atom. The smallest absolute Gasteiger partial charge is 0.317 e. The normalized spacial score (nSPS) is 14.2. The zero-order valence-electron chi connectivity index (χ0n) is 17.5. The Hall–Kier alpha value is -3.74. The van der Waals surface area contributed by atoms with Crippen molar-refractivity contribution in [3.63, 3.8) is 0 Å². The molecule has 2 aromatic heterocycles. The van der Waals surface area contributed by atoms with Crippen LogP contribution in [0, 0.1) is 6.92 Å². The molecule has 158 valence electrons. The van der Waals surface area contributed by atoms with Gasteiger partial charge < -0.3 is 24.5 Å². The lowest BCUT2D eigenvalue weighted by atomic mass is 10.1. The second-order valence-electron chi connectivity index (χ2n) is 7.78. The molecule has 4 aromatic rings. The summed E-state index contributed by atoms with van der Waals surface area (Å²) in [7, 11) is 0. The maximum absolute atomic E-state index is 12.6. The number of fused-ring (bicyclic) bond motifs is 1. The van der Waals surface area contributed by atoms with Gasteiger partial charge in [-0.3, -0.25) is 0 Å². The first kappa shape index (κ1) is 19.2. The standard InChI is InChI=1S/C24H25N5O2/c1-17-25-16-23(31-17)18-6-8-20(9-7-18)28-10-12-29(13-11-28)24(30)27-15-19-14-26-22-5-3-2-4-21(19)22/h2-9,14,16,26H,10-13,15H2,1H3,(H,27,30). The van der Waals surface area contributed by atoms with Crippen LogP contribution in [-0.2, 0) is 6.54 Å². The fourth-order valence-corrected chi connectivity index (χ4v) is 4.06. The molecular formula is C24H25N5O2. The third-order valence-electron chi connectivity index (χ3n) is 5.81. The van der Waals surface area contributed by atoms with Crippen molar-refractivity contribution >= 4 is 22.6 Å². The number of nitrogens with zero attached hydrogens (tertiary/aromatic N) is 3. The van der Waals surface area contributed by atoms with Crippen LogP contribution in [0.15, 0.2) is 65.3 Å². The number of anilines is 1. The van der Waals surface area contributed by atoms with E-state index in [1.807, 2.05) is 36.2 Å². The van der Waals surface area contributed by atoms with Crippen LogP contribution < -0.4 is 10.2 Å². The van der Waals surface area contributed by atoms with Crippen LogP contribution >= 0.6 is 0 Å². The van der Waals surface area contributed by atoms with Crippen LogP contribution in [0.4, 0.5) is 10.5 Å². The van der Waals surface area contributed by atoms with Gasteiger partial charge in [0.05, 0.1) is 6.20 Å². The third kappa shape index (κ3) is 3.99. The van der Waals surface area contributed by atoms with E-state index in [0.717, 1.165) is 46.6 Å². The van der Waals surface area contributed by atoms with Gasteiger partial charge in [0.25, 0.3) is 0 Å². The number of nitrogens with one attached hydrogen (secondary N) is 2. The Labute approximate surface area is 180 Å². The molecule has 2 N–H and O–H groups in total. The summed E-state index contributed by atoms with van der Waals surface area (Å²) < 4.78 is 5.59. The predicted octanol–water partition coefficient (Wildman–Crippen LogP) is 4.16. The molecule has 0 atom stereocenters. The number of hydrogen-bond acceptors (Lipinski definition) is 4. The maximum Gasteiger partial charge on any atom is 0.317 e. The molecule has 2 amide bonds. The zero-order valence-corrected chi connectivity index (χ0v) is 17.5. The lowest BCUT2D eigenvalue weighted by Crippen LogP contribution is -2.51. The first-order valence-electron chi connectivity index (χ1n) is 10.5. The average Bonchev–Trinajstić information content (AvgIpc) is 3.44. The van der Waals surface area contributed by atoms with Crippen molar-refractivity contribution in [3.05, 3.63) is 72.4 Å². The molecule has 0 radical (unpaired) electrons. The van der Waals surface area contributed by atoms with Gasteiger partial charge >= 0.3 is 6.03 Å². The number of hydrogen-bond donors (Lipinski definition) is 2. The summed E-state index contributed by atoms with van der Waals surface area (Å²) in [6.45, 7) is 5.37. The summed E-state index contributed by atoms with van der Waals surface area (Å²) in [4.78, 5) is 24.2. The first-order valence-corrected chi connectivity index (χ1v) is 10.5. The Kier molecular flexibility index (Phi) is 5.08. The Bertz CT molecular complexity index is 1190. The number of aromatic amines is 1. The highest BCUT2D eigenvalue weighted by Gasteiger charge is 2.21. The quantitative estimate of drug-likeness (QED) is 0.525. The minimum Gasteiger partial charge on any atom is -0.441 e. The second kappa shape index (κ2) is 8.18. The zero-order chi connectivity index (χ0) is 21.2. The molecule has 1 fully saturated rings. The van der Waals surface area contributed by atoms with E-state index in [1.54, 1.807) is 6.20 Å². The molecule has 0 saturated carbocycles. The SMILES string of the molecule is Cc1ncc(-c2ccc(N3CCN(C(=O)NCc4c[nH]c5ccccc45)CC3)cc2)o1. The average molecular weight is 415 g/mol. The van der Waals surface area contributed by atoms with Crippen molar-refractivity contribution in [2.45, 2.75) is 13.5 Å². The number of aryl methyl sites for hydroxylation is 1. The molecule has 5 rings (SSSR count). The van der Waals surface area contributed by atoms with Gasteiger partial charge in [0.1, 0.15) is 0 Å². The highest BCUT2D eigenvalue weighted by atomic mass is 16.4. The largest absolute Gasteiger partial charge is 0.441 e. The first-order chi connectivity index (χ1) is 15.2. The number of piperazine rings is 1. The molecule has 0 spiro atoms. The lowest BCUT2D eigenvalue weighted by Gasteiger charge is -2.36. The number of rotatable bonds is 4. The molecule has 1 saturated heterocycles. The minimum atomic E-state index is -0.0130. The van der Waals surface area contributed by atoms with Gasteiger partial charge in [0.2, 0.25) is 0 Å². The fraction of sp³-hybridized carbons (Fsp3) is 0.250. The van der Waals surface area contributed by atoms with Crippen molar-refractivity contribution in [2.75, 3.05) is 31.1 Å². The summed E-state index contributed by atoms with van der Waals surface area (Å²) in [5, 5.41) is 4.21. The number of oxazole rings is 1. The van der Waals surface area contributed by atoms with E-state index in [-0.39, 0.29) is 6.03 Å². The molecule has 1 aliphatic rings. The van der Waals surface area contributed by atoms with E-state index < -0.39 is 0 Å². The van der Waals surface area contributed by atoms with Gasteiger partial charge in [-0.2, -0.15) is 0 Å². The van der Waals surface area contributed by atoms with Gasteiger partial charge in [-0.25, -0.2) is 9.78 Å². The highest BCUT2D eigenvalue weighted by Crippen LogP contribution is 2.24. The lowest BCUT2D eigenvalue weighted by molar-refractivity contribution is 0.194. The van der Waals surface area contributed by atoms with Gasteiger partial charge in [-0.15, -0.1) is 0 Å². The fourth-order valence-electron chi connectivity index (χ4n) is 4.06. The molecule has 1 aliphatic heterocycles. The van der Waals surface area contributed by atoms with Gasteiger partial charge in [-0.05, 0) is 35.9 Å². The molecule has 0 aliphatic carbocycles. The van der Waals surface area contributed by atoms with Crippen LogP contribution in [-0.4, -0.2) is 47.1 Å². The number of H-pyrrole nitrogens is 1. The molecule has 2 aromatic carbocycles. The maximum atomic E-state index is 12.6. The molecule has 7 heteroatoms. The Morgan fingerprint density at radius 3 is 2.61 bits per heavy atom. The summed E-state index contributed by atoms with van der Waals surface area (Å²) in [5.74, 6) is 1.44. The Morgan fingerprint density at radius 2 is 1.87 bits per heavy atom. The molecule has 0 unspecified atom stereocenters. The molecular weight excluding hydrogens is 390 g/mol. The summed E-state index contributed by atoms with van der Waals surface area (Å²) in [6, 6.07) is 16.4. The third-order valence-corrected chi connectivity index (χ3v) is 5.81. The van der Waals surface area contributed by atoms with Crippen LogP contribution in [0.5, 0.6) is 0 Å². The van der Waals surface area contributed by atoms with E-state index in [2.05, 4.69) is 50.5 Å². The minimum absolute atomic E-state index is 0.0130. The van der Waals surface area contributed by atoms with Gasteiger partial charge in [0.15, 0.2) is 11.7 Å². The van der Waals surface area contributed by atoms with E-state index in [9.17, 15) is 4.79 Å². The van der Waals surface area contributed by atoms with E-state index >= 15 is 0 Å². The molecule has 31 heavy (non-hydrogen) atoms. The topological polar surface area (TPSA) is 77.4 Å². The van der Waals surface area contributed by atoms with Crippen LogP contribution in [0.25, 0.3) is 22.2 Å². The summed E-state index contributed by atoms with van der Waals surface area (Å²) >= 11 is 0. The number of urea groups is 1. The molecule has 3 heterocycles. The van der Waals surface area contributed by atoms with Crippen molar-refractivity contribution in [2.24, 2.45) is 0 Å². The molecule has 0 bridgehead atoms. The van der Waals surface area contributed by atoms with E-state index in [0.29, 0.717) is 25.5 Å². The van der Waals surface area contributed by atoms with Crippen LogP contribution in [0.2, 0.25) is 0 Å². The summed E-state index contributed by atoms with van der Waals surface area (Å²) in [5.41, 5.74) is 4.35. The highest BCUT2D eigenvalue weighted by molar-refractivity contribution is 5.83. The number of carbonyl (C=O) groups excluding carboxylic acids is 1. The van der Waals surface area contributed by atoms with Crippen molar-refractivity contribution < 1.29 is 9.21 Å².